The Morgan fingerprint density at radius 2 is 1.46 bits per heavy atom. The monoisotopic (exact) mass is 356 g/mol. The molecule has 0 aliphatic rings. The molecule has 0 radical (unpaired) electrons. The lowest BCUT2D eigenvalue weighted by atomic mass is 9.99. The minimum Gasteiger partial charge on any atom is -1.00 e. The van der Waals surface area contributed by atoms with Crippen LogP contribution < -0.4 is 17.0 Å². The molecular formula is C23H17ClN2. The average molecular weight is 357 g/mol. The van der Waals surface area contributed by atoms with Crippen LogP contribution in [0.2, 0.25) is 0 Å². The van der Waals surface area contributed by atoms with Gasteiger partial charge in [0.15, 0.2) is 18.9 Å². The number of benzene rings is 3. The molecule has 3 aromatic carbocycles. The van der Waals surface area contributed by atoms with Crippen molar-refractivity contribution in [2.75, 3.05) is 0 Å². The van der Waals surface area contributed by atoms with Gasteiger partial charge in [-0.05, 0) is 28.6 Å². The molecule has 1 aromatic heterocycles. The van der Waals surface area contributed by atoms with E-state index >= 15 is 0 Å². The summed E-state index contributed by atoms with van der Waals surface area (Å²) in [6.07, 6.45) is 4.29. The Kier molecular flexibility index (Phi) is 5.31. The van der Waals surface area contributed by atoms with E-state index in [0.29, 0.717) is 5.56 Å². The number of aromatic nitrogens is 1. The smallest absolute Gasteiger partial charge is 0.176 e. The summed E-state index contributed by atoms with van der Waals surface area (Å²) in [5.41, 5.74) is 4.00. The van der Waals surface area contributed by atoms with Crippen molar-refractivity contribution in [2.24, 2.45) is 0 Å². The molecule has 0 N–H and O–H groups in total. The van der Waals surface area contributed by atoms with Crippen LogP contribution in [-0.4, -0.2) is 0 Å². The maximum Gasteiger partial charge on any atom is 0.176 e. The van der Waals surface area contributed by atoms with Gasteiger partial charge in [0.25, 0.3) is 0 Å². The lowest BCUT2D eigenvalue weighted by molar-refractivity contribution is -0.687. The number of fused-ring (bicyclic) bond motifs is 1. The quantitative estimate of drug-likeness (QED) is 0.514. The maximum absolute atomic E-state index is 9.26. The fourth-order valence-corrected chi connectivity index (χ4v) is 3.11. The molecule has 0 bridgehead atoms. The second-order valence-corrected chi connectivity index (χ2v) is 6.10. The molecule has 2 nitrogen and oxygen atoms in total. The van der Waals surface area contributed by atoms with E-state index in [2.05, 4.69) is 77.6 Å². The molecule has 4 aromatic rings. The average Bonchev–Trinajstić information content (AvgIpc) is 2.68. The summed E-state index contributed by atoms with van der Waals surface area (Å²) < 4.78 is 2.20. The van der Waals surface area contributed by atoms with Gasteiger partial charge in [-0.1, -0.05) is 60.7 Å². The lowest BCUT2D eigenvalue weighted by Gasteiger charge is -2.05. The Bertz CT molecular complexity index is 1080. The van der Waals surface area contributed by atoms with Gasteiger partial charge in [-0.2, -0.15) is 5.26 Å². The first-order chi connectivity index (χ1) is 12.3. The summed E-state index contributed by atoms with van der Waals surface area (Å²) in [4.78, 5) is 0. The standard InChI is InChI=1S/C23H17N2.ClH/c24-15-21-6-3-4-8-23(21)20-11-9-18(10-12-20)16-25-14-13-19-5-1-2-7-22(19)17-25;/h1-14,17H,16H2;1H/q+1;/p-1. The fraction of sp³-hybridized carbons (Fsp3) is 0.0435. The Balaban J connectivity index is 0.00000196. The van der Waals surface area contributed by atoms with Gasteiger partial charge in [-0.3, -0.25) is 0 Å². The van der Waals surface area contributed by atoms with Crippen LogP contribution in [0.5, 0.6) is 0 Å². The van der Waals surface area contributed by atoms with Crippen LogP contribution >= 0.6 is 0 Å². The fourth-order valence-electron chi connectivity index (χ4n) is 3.11. The van der Waals surface area contributed by atoms with Crippen molar-refractivity contribution < 1.29 is 17.0 Å². The van der Waals surface area contributed by atoms with Crippen LogP contribution in [-0.2, 0) is 6.54 Å². The molecule has 0 saturated carbocycles. The third kappa shape index (κ3) is 3.59. The van der Waals surface area contributed by atoms with Crippen molar-refractivity contribution in [1.29, 1.82) is 5.26 Å². The normalized spacial score (nSPS) is 10.1. The molecule has 0 spiro atoms. The molecule has 0 aliphatic carbocycles. The minimum atomic E-state index is 0. The van der Waals surface area contributed by atoms with Crippen LogP contribution in [0, 0.1) is 11.3 Å². The largest absolute Gasteiger partial charge is 1.00 e. The Labute approximate surface area is 159 Å². The first kappa shape index (κ1) is 17.7. The summed E-state index contributed by atoms with van der Waals surface area (Å²) >= 11 is 0. The zero-order valence-corrected chi connectivity index (χ0v) is 14.9. The number of hydrogen-bond acceptors (Lipinski definition) is 1. The van der Waals surface area contributed by atoms with Crippen molar-refractivity contribution in [3.8, 4) is 17.2 Å². The molecule has 0 aliphatic heterocycles. The van der Waals surface area contributed by atoms with Crippen molar-refractivity contribution in [3.05, 3.63) is 102 Å². The molecule has 0 saturated heterocycles. The molecule has 0 atom stereocenters. The molecule has 1 heterocycles. The number of pyridine rings is 1. The van der Waals surface area contributed by atoms with E-state index in [1.807, 2.05) is 24.3 Å². The highest BCUT2D eigenvalue weighted by atomic mass is 35.5. The van der Waals surface area contributed by atoms with Gasteiger partial charge >= 0.3 is 0 Å². The van der Waals surface area contributed by atoms with Gasteiger partial charge in [0.05, 0.1) is 11.6 Å². The SMILES string of the molecule is N#Cc1ccccc1-c1ccc(C[n+]2ccc3ccccc3c2)cc1.[Cl-]. The van der Waals surface area contributed by atoms with Crippen LogP contribution in [0.4, 0.5) is 0 Å². The van der Waals surface area contributed by atoms with E-state index < -0.39 is 0 Å². The molecule has 126 valence electrons. The number of halogens is 1. The number of nitrogens with zero attached hydrogens (tertiary/aromatic N) is 2. The van der Waals surface area contributed by atoms with Crippen LogP contribution in [0.3, 0.4) is 0 Å². The molecule has 4 rings (SSSR count). The van der Waals surface area contributed by atoms with Gasteiger partial charge in [-0.25, -0.2) is 4.57 Å². The van der Waals surface area contributed by atoms with E-state index in [9.17, 15) is 5.26 Å². The summed E-state index contributed by atoms with van der Waals surface area (Å²) in [6.45, 7) is 0.824. The lowest BCUT2D eigenvalue weighted by Crippen LogP contribution is -3.00. The van der Waals surface area contributed by atoms with E-state index in [1.165, 1.54) is 16.3 Å². The predicted octanol–water partition coefficient (Wildman–Crippen LogP) is 1.72. The van der Waals surface area contributed by atoms with Gasteiger partial charge in [0.2, 0.25) is 0 Å². The zero-order chi connectivity index (χ0) is 17.1. The summed E-state index contributed by atoms with van der Waals surface area (Å²) in [5, 5.41) is 11.8. The Hall–Kier alpha value is -3.15. The van der Waals surface area contributed by atoms with E-state index in [1.54, 1.807) is 0 Å². The summed E-state index contributed by atoms with van der Waals surface area (Å²) in [6, 6.07) is 28.9. The third-order valence-corrected chi connectivity index (χ3v) is 4.42. The molecule has 26 heavy (non-hydrogen) atoms. The second-order valence-electron chi connectivity index (χ2n) is 6.10. The van der Waals surface area contributed by atoms with Gasteiger partial charge < -0.3 is 12.4 Å². The van der Waals surface area contributed by atoms with E-state index in [4.69, 9.17) is 0 Å². The van der Waals surface area contributed by atoms with E-state index in [-0.39, 0.29) is 12.4 Å². The highest BCUT2D eigenvalue weighted by molar-refractivity contribution is 5.80. The van der Waals surface area contributed by atoms with Gasteiger partial charge in [0, 0.05) is 17.0 Å². The van der Waals surface area contributed by atoms with Crippen molar-refractivity contribution in [1.82, 2.24) is 0 Å². The molecule has 0 fully saturated rings. The second kappa shape index (κ2) is 7.82. The van der Waals surface area contributed by atoms with Crippen molar-refractivity contribution in [2.45, 2.75) is 6.54 Å². The Morgan fingerprint density at radius 1 is 0.769 bits per heavy atom. The minimum absolute atomic E-state index is 0. The first-order valence-corrected chi connectivity index (χ1v) is 8.30. The summed E-state index contributed by atoms with van der Waals surface area (Å²) in [5.74, 6) is 0. The number of rotatable bonds is 3. The summed E-state index contributed by atoms with van der Waals surface area (Å²) in [7, 11) is 0. The number of nitriles is 1. The van der Waals surface area contributed by atoms with Crippen LogP contribution in [0.1, 0.15) is 11.1 Å². The first-order valence-electron chi connectivity index (χ1n) is 8.30. The Morgan fingerprint density at radius 3 is 2.23 bits per heavy atom. The van der Waals surface area contributed by atoms with Gasteiger partial charge in [-0.15, -0.1) is 0 Å². The highest BCUT2D eigenvalue weighted by Crippen LogP contribution is 2.23. The predicted molar refractivity (Wildman–Crippen MR) is 99.8 cm³/mol. The molecule has 0 unspecified atom stereocenters. The third-order valence-electron chi connectivity index (χ3n) is 4.42. The maximum atomic E-state index is 9.26. The molecule has 3 heteroatoms. The van der Waals surface area contributed by atoms with Crippen LogP contribution in [0.25, 0.3) is 21.9 Å². The molecular weight excluding hydrogens is 340 g/mol. The van der Waals surface area contributed by atoms with Crippen molar-refractivity contribution >= 4 is 10.8 Å². The zero-order valence-electron chi connectivity index (χ0n) is 14.1. The van der Waals surface area contributed by atoms with Gasteiger partial charge in [0.1, 0.15) is 0 Å². The molecule has 0 amide bonds. The highest BCUT2D eigenvalue weighted by Gasteiger charge is 2.07. The van der Waals surface area contributed by atoms with Crippen LogP contribution in [0.15, 0.2) is 91.3 Å². The number of hydrogen-bond donors (Lipinski definition) is 0. The topological polar surface area (TPSA) is 27.7 Å². The van der Waals surface area contributed by atoms with E-state index in [0.717, 1.165) is 17.7 Å². The van der Waals surface area contributed by atoms with Crippen molar-refractivity contribution in [3.63, 3.8) is 0 Å².